The average Bonchev–Trinajstić information content (AvgIpc) is 3.02. The highest BCUT2D eigenvalue weighted by molar-refractivity contribution is 8.02. The lowest BCUT2D eigenvalue weighted by molar-refractivity contribution is -0.159. The van der Waals surface area contributed by atoms with Crippen LogP contribution < -0.4 is 11.1 Å². The Balaban J connectivity index is 1.75. The van der Waals surface area contributed by atoms with E-state index in [4.69, 9.17) is 10.8 Å². The maximum Gasteiger partial charge on any atom is 0.330 e. The monoisotopic (exact) mass is 383 g/mol. The molecule has 3 heterocycles. The average molecular weight is 383 g/mol. The number of nitrogen functional groups attached to an aromatic ring is 1. The topological polar surface area (TPSA) is 147 Å². The number of amides is 2. The third kappa shape index (κ3) is 3.05. The predicted molar refractivity (Wildman–Crippen MR) is 90.8 cm³/mol. The quantitative estimate of drug-likeness (QED) is 0.348. The van der Waals surface area contributed by atoms with E-state index in [9.17, 15) is 14.4 Å². The summed E-state index contributed by atoms with van der Waals surface area (Å²) in [5, 5.41) is 18.3. The molecule has 1 aromatic rings. The van der Waals surface area contributed by atoms with E-state index in [-0.39, 0.29) is 16.5 Å². The van der Waals surface area contributed by atoms with Crippen molar-refractivity contribution in [3.8, 4) is 0 Å². The van der Waals surface area contributed by atoms with Gasteiger partial charge in [0, 0.05) is 5.38 Å². The molecular formula is C13H13N5O5S2. The van der Waals surface area contributed by atoms with Gasteiger partial charge in [0.25, 0.3) is 5.91 Å². The number of carboxylic acid groups (broad SMARTS) is 1. The van der Waals surface area contributed by atoms with Crippen molar-refractivity contribution in [1.29, 1.82) is 0 Å². The number of rotatable bonds is 5. The number of thiazole rings is 1. The van der Waals surface area contributed by atoms with Crippen LogP contribution in [0.5, 0.6) is 0 Å². The zero-order chi connectivity index (χ0) is 18.1. The third-order valence-corrected chi connectivity index (χ3v) is 5.33. The molecule has 1 fully saturated rings. The second kappa shape index (κ2) is 6.72. The van der Waals surface area contributed by atoms with Crippen LogP contribution in [0.4, 0.5) is 5.13 Å². The summed E-state index contributed by atoms with van der Waals surface area (Å²) in [6.45, 7) is 0. The molecule has 0 unspecified atom stereocenters. The molecular weight excluding hydrogens is 370 g/mol. The molecule has 2 aliphatic heterocycles. The highest BCUT2D eigenvalue weighted by atomic mass is 32.2. The van der Waals surface area contributed by atoms with Gasteiger partial charge in [-0.3, -0.25) is 9.59 Å². The van der Waals surface area contributed by atoms with Gasteiger partial charge >= 0.3 is 5.97 Å². The van der Waals surface area contributed by atoms with Gasteiger partial charge in [-0.15, -0.1) is 23.1 Å². The fraction of sp³-hybridized carbons (Fsp3) is 0.308. The Kier molecular flexibility index (Phi) is 4.63. The van der Waals surface area contributed by atoms with E-state index in [2.05, 4.69) is 20.3 Å². The molecule has 2 amide bonds. The Morgan fingerprint density at radius 1 is 1.52 bits per heavy atom. The number of hydrogen-bond acceptors (Lipinski definition) is 9. The molecule has 0 spiro atoms. The minimum atomic E-state index is -1.13. The van der Waals surface area contributed by atoms with Crippen LogP contribution in [-0.2, 0) is 19.2 Å². The highest BCUT2D eigenvalue weighted by Gasteiger charge is 2.54. The minimum Gasteiger partial charge on any atom is -0.479 e. The van der Waals surface area contributed by atoms with E-state index in [0.717, 1.165) is 11.3 Å². The summed E-state index contributed by atoms with van der Waals surface area (Å²) in [6.07, 6.45) is 1.43. The maximum absolute atomic E-state index is 12.5. The number of oxime groups is 1. The minimum absolute atomic E-state index is 0.118. The number of fused-ring (bicyclic) bond motifs is 1. The van der Waals surface area contributed by atoms with Gasteiger partial charge in [-0.05, 0) is 11.5 Å². The molecule has 0 bridgehead atoms. The molecule has 10 nitrogen and oxygen atoms in total. The molecule has 12 heteroatoms. The second-order valence-electron chi connectivity index (χ2n) is 5.03. The van der Waals surface area contributed by atoms with E-state index < -0.39 is 35.2 Å². The van der Waals surface area contributed by atoms with Crippen LogP contribution in [0, 0.1) is 0 Å². The van der Waals surface area contributed by atoms with E-state index in [0.29, 0.717) is 0 Å². The van der Waals surface area contributed by atoms with Crippen LogP contribution in [-0.4, -0.2) is 63.1 Å². The summed E-state index contributed by atoms with van der Waals surface area (Å²) in [5.74, 6) is -2.26. The SMILES string of the molecule is CON=C(C(=O)N[C@@H]1C(=O)N2[C@@H](C(=O)O)C=CS[C@H]12)c1csc(N)n1. The van der Waals surface area contributed by atoms with Crippen molar-refractivity contribution >= 4 is 51.7 Å². The van der Waals surface area contributed by atoms with E-state index in [1.54, 1.807) is 10.8 Å². The van der Waals surface area contributed by atoms with Gasteiger partial charge < -0.3 is 25.9 Å². The van der Waals surface area contributed by atoms with E-state index in [1.807, 2.05) is 0 Å². The van der Waals surface area contributed by atoms with Crippen LogP contribution >= 0.6 is 23.1 Å². The lowest BCUT2D eigenvalue weighted by Gasteiger charge is -2.49. The van der Waals surface area contributed by atoms with Crippen LogP contribution in [0.3, 0.4) is 0 Å². The van der Waals surface area contributed by atoms with Crippen molar-refractivity contribution in [2.75, 3.05) is 12.8 Å². The Bertz CT molecular complexity index is 792. The first-order valence-corrected chi connectivity index (χ1v) is 8.76. The van der Waals surface area contributed by atoms with Gasteiger partial charge in [-0.2, -0.15) is 0 Å². The first kappa shape index (κ1) is 17.2. The van der Waals surface area contributed by atoms with Gasteiger partial charge in [0.05, 0.1) is 0 Å². The summed E-state index contributed by atoms with van der Waals surface area (Å²) in [4.78, 5) is 45.8. The number of β-lactam (4-membered cyclic amide) rings is 1. The van der Waals surface area contributed by atoms with Crippen molar-refractivity contribution < 1.29 is 24.3 Å². The zero-order valence-electron chi connectivity index (χ0n) is 12.8. The molecule has 0 aliphatic carbocycles. The Morgan fingerprint density at radius 2 is 2.28 bits per heavy atom. The molecule has 2 aliphatic rings. The molecule has 1 saturated heterocycles. The highest BCUT2D eigenvalue weighted by Crippen LogP contribution is 2.37. The number of carboxylic acids is 1. The molecule has 4 N–H and O–H groups in total. The summed E-state index contributed by atoms with van der Waals surface area (Å²) in [7, 11) is 1.28. The third-order valence-electron chi connectivity index (χ3n) is 3.56. The Labute approximate surface area is 149 Å². The molecule has 0 radical (unpaired) electrons. The van der Waals surface area contributed by atoms with Crippen LogP contribution in [0.25, 0.3) is 0 Å². The van der Waals surface area contributed by atoms with Crippen molar-refractivity contribution in [3.05, 3.63) is 22.6 Å². The van der Waals surface area contributed by atoms with Gasteiger partial charge in [0.1, 0.15) is 30.3 Å². The van der Waals surface area contributed by atoms with Crippen molar-refractivity contribution in [1.82, 2.24) is 15.2 Å². The first-order chi connectivity index (χ1) is 11.9. The van der Waals surface area contributed by atoms with Crippen molar-refractivity contribution in [2.45, 2.75) is 17.5 Å². The van der Waals surface area contributed by atoms with Gasteiger partial charge in [0.2, 0.25) is 5.91 Å². The fourth-order valence-corrected chi connectivity index (χ4v) is 4.11. The fourth-order valence-electron chi connectivity index (χ4n) is 2.46. The molecule has 0 saturated carbocycles. The normalized spacial score (nSPS) is 25.2. The Hall–Kier alpha value is -2.60. The number of aromatic nitrogens is 1. The van der Waals surface area contributed by atoms with Gasteiger partial charge in [0.15, 0.2) is 10.8 Å². The molecule has 1 aromatic heterocycles. The van der Waals surface area contributed by atoms with E-state index in [1.165, 1.54) is 29.8 Å². The van der Waals surface area contributed by atoms with Gasteiger partial charge in [-0.25, -0.2) is 9.78 Å². The Morgan fingerprint density at radius 3 is 2.88 bits per heavy atom. The smallest absolute Gasteiger partial charge is 0.330 e. The lowest BCUT2D eigenvalue weighted by atomic mass is 10.0. The number of carbonyl (C=O) groups excluding carboxylic acids is 2. The van der Waals surface area contributed by atoms with Crippen LogP contribution in [0.15, 0.2) is 22.0 Å². The van der Waals surface area contributed by atoms with Crippen LogP contribution in [0.1, 0.15) is 5.69 Å². The standard InChI is InChI=1S/C13H13N5O5S2/c1-23-17-7(5-4-25-13(14)15-5)9(19)16-8-10(20)18-6(12(21)22)2-3-24-11(8)18/h2-4,6,8,11H,1H3,(H2,14,15)(H,16,19)(H,21,22)/t6-,8-,11-/m1/s1. The molecule has 3 atom stereocenters. The number of nitrogens with two attached hydrogens (primary N) is 1. The summed E-state index contributed by atoms with van der Waals surface area (Å²) < 4.78 is 0. The lowest BCUT2D eigenvalue weighted by Crippen LogP contribution is -2.73. The van der Waals surface area contributed by atoms with Gasteiger partial charge in [-0.1, -0.05) is 5.16 Å². The van der Waals surface area contributed by atoms with Crippen LogP contribution in [0.2, 0.25) is 0 Å². The van der Waals surface area contributed by atoms with E-state index >= 15 is 0 Å². The number of anilines is 1. The first-order valence-electron chi connectivity index (χ1n) is 6.94. The van der Waals surface area contributed by atoms with Crippen molar-refractivity contribution in [2.24, 2.45) is 5.16 Å². The summed E-state index contributed by atoms with van der Waals surface area (Å²) in [5.41, 5.74) is 5.67. The van der Waals surface area contributed by atoms with Crippen molar-refractivity contribution in [3.63, 3.8) is 0 Å². The second-order valence-corrected chi connectivity index (χ2v) is 6.95. The molecule has 3 rings (SSSR count). The predicted octanol–water partition coefficient (Wildman–Crippen LogP) is -0.557. The number of thioether (sulfide) groups is 1. The largest absolute Gasteiger partial charge is 0.479 e. The summed E-state index contributed by atoms with van der Waals surface area (Å²) >= 11 is 2.39. The number of nitrogens with one attached hydrogen (secondary N) is 1. The number of nitrogens with zero attached hydrogens (tertiary/aromatic N) is 3. The molecule has 132 valence electrons. The summed E-state index contributed by atoms with van der Waals surface area (Å²) in [6, 6.07) is -1.89. The number of aliphatic carboxylic acids is 1. The molecule has 25 heavy (non-hydrogen) atoms. The number of carbonyl (C=O) groups is 3. The zero-order valence-corrected chi connectivity index (χ0v) is 14.4. The molecule has 0 aromatic carbocycles. The maximum atomic E-state index is 12.5. The number of hydrogen-bond donors (Lipinski definition) is 3.